The Balaban J connectivity index is 2.30. The third-order valence-corrected chi connectivity index (χ3v) is 3.96. The minimum Gasteiger partial charge on any atom is -0.497 e. The predicted octanol–water partition coefficient (Wildman–Crippen LogP) is 2.97. The summed E-state index contributed by atoms with van der Waals surface area (Å²) in [5.74, 6) is 0.853. The lowest BCUT2D eigenvalue weighted by Crippen LogP contribution is -2.28. The molecule has 1 unspecified atom stereocenters. The number of pyridine rings is 1. The maximum Gasteiger partial charge on any atom is 0.169 e. The largest absolute Gasteiger partial charge is 0.497 e. The molecule has 0 radical (unpaired) electrons. The van der Waals surface area contributed by atoms with Crippen LogP contribution < -0.4 is 9.47 Å². The van der Waals surface area contributed by atoms with Gasteiger partial charge in [0.05, 0.1) is 25.4 Å². The van der Waals surface area contributed by atoms with Gasteiger partial charge in [0.1, 0.15) is 11.5 Å². The van der Waals surface area contributed by atoms with Gasteiger partial charge in [-0.1, -0.05) is 6.92 Å². The zero-order valence-corrected chi connectivity index (χ0v) is 13.6. The van der Waals surface area contributed by atoms with Crippen molar-refractivity contribution in [3.8, 4) is 11.5 Å². The van der Waals surface area contributed by atoms with Gasteiger partial charge in [-0.2, -0.15) is 0 Å². The number of carbonyl (C=O) groups excluding carboxylic acids is 1. The Bertz CT molecular complexity index is 672. The molecular weight excluding hydrogens is 294 g/mol. The van der Waals surface area contributed by atoms with Crippen LogP contribution in [0.4, 0.5) is 0 Å². The van der Waals surface area contributed by atoms with Gasteiger partial charge in [0.2, 0.25) is 0 Å². The van der Waals surface area contributed by atoms with Crippen molar-refractivity contribution in [2.24, 2.45) is 0 Å². The lowest BCUT2D eigenvalue weighted by atomic mass is 9.85. The zero-order chi connectivity index (χ0) is 16.9. The smallest absolute Gasteiger partial charge is 0.169 e. The molecule has 1 aromatic carbocycles. The summed E-state index contributed by atoms with van der Waals surface area (Å²) >= 11 is 0. The normalized spacial score (nSPS) is 13.2. The van der Waals surface area contributed by atoms with E-state index in [9.17, 15) is 9.90 Å². The van der Waals surface area contributed by atoms with Crippen molar-refractivity contribution in [1.82, 2.24) is 4.98 Å². The zero-order valence-electron chi connectivity index (χ0n) is 13.6. The van der Waals surface area contributed by atoms with Crippen molar-refractivity contribution in [1.29, 1.82) is 0 Å². The minimum atomic E-state index is -1.23. The first-order valence-electron chi connectivity index (χ1n) is 7.42. The Labute approximate surface area is 135 Å². The van der Waals surface area contributed by atoms with E-state index in [0.717, 1.165) is 0 Å². The first-order chi connectivity index (χ1) is 11.0. The second kappa shape index (κ2) is 7.24. The van der Waals surface area contributed by atoms with Gasteiger partial charge >= 0.3 is 0 Å². The van der Waals surface area contributed by atoms with Crippen LogP contribution in [0.1, 0.15) is 35.7 Å². The van der Waals surface area contributed by atoms with E-state index >= 15 is 0 Å². The van der Waals surface area contributed by atoms with E-state index in [-0.39, 0.29) is 12.2 Å². The highest BCUT2D eigenvalue weighted by molar-refractivity contribution is 5.99. The molecule has 0 bridgehead atoms. The van der Waals surface area contributed by atoms with Crippen LogP contribution in [0, 0.1) is 0 Å². The molecule has 1 atom stereocenters. The van der Waals surface area contributed by atoms with Gasteiger partial charge < -0.3 is 14.6 Å². The third kappa shape index (κ3) is 3.68. The highest BCUT2D eigenvalue weighted by Gasteiger charge is 2.31. The van der Waals surface area contributed by atoms with E-state index < -0.39 is 5.60 Å². The number of aliphatic hydroxyl groups is 1. The van der Waals surface area contributed by atoms with Gasteiger partial charge in [0.25, 0.3) is 0 Å². The quantitative estimate of drug-likeness (QED) is 0.796. The molecule has 0 fully saturated rings. The van der Waals surface area contributed by atoms with Crippen LogP contribution in [0.2, 0.25) is 0 Å². The summed E-state index contributed by atoms with van der Waals surface area (Å²) in [6, 6.07) is 8.46. The van der Waals surface area contributed by atoms with Gasteiger partial charge in [0.15, 0.2) is 5.78 Å². The number of nitrogens with zero attached hydrogens (tertiary/aromatic N) is 1. The molecule has 0 aliphatic carbocycles. The number of methoxy groups -OCH3 is 2. The monoisotopic (exact) mass is 315 g/mol. The number of benzene rings is 1. The molecule has 2 aromatic rings. The summed E-state index contributed by atoms with van der Waals surface area (Å²) in [5, 5.41) is 10.9. The first-order valence-corrected chi connectivity index (χ1v) is 7.42. The highest BCUT2D eigenvalue weighted by atomic mass is 16.5. The molecule has 0 saturated carbocycles. The molecule has 5 heteroatoms. The van der Waals surface area contributed by atoms with Crippen LogP contribution in [-0.4, -0.2) is 30.1 Å². The van der Waals surface area contributed by atoms with Gasteiger partial charge in [-0.05, 0) is 36.2 Å². The second-order valence-corrected chi connectivity index (χ2v) is 5.29. The van der Waals surface area contributed by atoms with Gasteiger partial charge in [0, 0.05) is 24.9 Å². The fourth-order valence-electron chi connectivity index (χ4n) is 2.48. The van der Waals surface area contributed by atoms with Crippen LogP contribution in [-0.2, 0) is 5.60 Å². The minimum absolute atomic E-state index is 0.0315. The Morgan fingerprint density at radius 2 is 1.87 bits per heavy atom. The Kier molecular flexibility index (Phi) is 5.34. The molecule has 5 nitrogen and oxygen atoms in total. The topological polar surface area (TPSA) is 68.7 Å². The van der Waals surface area contributed by atoms with E-state index in [1.165, 1.54) is 7.11 Å². The average molecular weight is 315 g/mol. The van der Waals surface area contributed by atoms with E-state index in [1.54, 1.807) is 49.8 Å². The Morgan fingerprint density at radius 1 is 1.17 bits per heavy atom. The molecule has 0 spiro atoms. The van der Waals surface area contributed by atoms with Crippen molar-refractivity contribution >= 4 is 5.78 Å². The molecule has 1 aromatic heterocycles. The summed E-state index contributed by atoms with van der Waals surface area (Å²) in [6.07, 6.45) is 3.60. The molecule has 1 N–H and O–H groups in total. The molecule has 0 aliphatic rings. The van der Waals surface area contributed by atoms with Crippen LogP contribution >= 0.6 is 0 Å². The number of hydrogen-bond donors (Lipinski definition) is 1. The molecular formula is C18H21NO4. The van der Waals surface area contributed by atoms with Crippen LogP contribution in [0.25, 0.3) is 0 Å². The fraction of sp³-hybridized carbons (Fsp3) is 0.333. The molecule has 2 rings (SSSR count). The molecule has 0 aliphatic heterocycles. The number of hydrogen-bond acceptors (Lipinski definition) is 5. The van der Waals surface area contributed by atoms with Crippen LogP contribution in [0.5, 0.6) is 11.5 Å². The first kappa shape index (κ1) is 17.0. The van der Waals surface area contributed by atoms with E-state index in [2.05, 4.69) is 4.98 Å². The predicted molar refractivity (Wildman–Crippen MR) is 86.9 cm³/mol. The maximum absolute atomic E-state index is 12.7. The van der Waals surface area contributed by atoms with Crippen molar-refractivity contribution < 1.29 is 19.4 Å². The van der Waals surface area contributed by atoms with Crippen LogP contribution in [0.3, 0.4) is 0 Å². The van der Waals surface area contributed by atoms with Crippen molar-refractivity contribution in [2.75, 3.05) is 14.2 Å². The summed E-state index contributed by atoms with van der Waals surface area (Å²) in [6.45, 7) is 1.85. The SMILES string of the molecule is CCC(O)(CC(=O)c1ccc(OC)cc1OC)c1ccncc1. The molecule has 0 amide bonds. The summed E-state index contributed by atoms with van der Waals surface area (Å²) < 4.78 is 10.4. The second-order valence-electron chi connectivity index (χ2n) is 5.29. The Hall–Kier alpha value is -2.40. The number of rotatable bonds is 7. The lowest BCUT2D eigenvalue weighted by molar-refractivity contribution is 0.0239. The van der Waals surface area contributed by atoms with E-state index in [4.69, 9.17) is 9.47 Å². The van der Waals surface area contributed by atoms with Crippen LogP contribution in [0.15, 0.2) is 42.7 Å². The van der Waals surface area contributed by atoms with Gasteiger partial charge in [-0.3, -0.25) is 9.78 Å². The molecule has 0 saturated heterocycles. The summed E-state index contributed by atoms with van der Waals surface area (Å²) in [7, 11) is 3.05. The van der Waals surface area contributed by atoms with E-state index in [0.29, 0.717) is 29.0 Å². The number of carbonyl (C=O) groups is 1. The number of aromatic nitrogens is 1. The van der Waals surface area contributed by atoms with Crippen molar-refractivity contribution in [2.45, 2.75) is 25.4 Å². The van der Waals surface area contributed by atoms with E-state index in [1.807, 2.05) is 6.92 Å². The average Bonchev–Trinajstić information content (AvgIpc) is 2.61. The number of ketones is 1. The lowest BCUT2D eigenvalue weighted by Gasteiger charge is -2.26. The molecule has 23 heavy (non-hydrogen) atoms. The highest BCUT2D eigenvalue weighted by Crippen LogP contribution is 2.32. The van der Waals surface area contributed by atoms with Gasteiger partial charge in [-0.25, -0.2) is 0 Å². The third-order valence-electron chi connectivity index (χ3n) is 3.96. The fourth-order valence-corrected chi connectivity index (χ4v) is 2.48. The Morgan fingerprint density at radius 3 is 2.43 bits per heavy atom. The standard InChI is InChI=1S/C18H21NO4/c1-4-18(21,13-7-9-19-10-8-13)12-16(20)15-6-5-14(22-2)11-17(15)23-3/h5-11,21H,4,12H2,1-3H3. The molecule has 1 heterocycles. The summed E-state index contributed by atoms with van der Waals surface area (Å²) in [4.78, 5) is 16.6. The van der Waals surface area contributed by atoms with Crippen molar-refractivity contribution in [3.63, 3.8) is 0 Å². The number of Topliss-reactive ketones (excluding diaryl/α,β-unsaturated/α-hetero) is 1. The van der Waals surface area contributed by atoms with Gasteiger partial charge in [-0.15, -0.1) is 0 Å². The van der Waals surface area contributed by atoms with Crippen molar-refractivity contribution in [3.05, 3.63) is 53.9 Å². The maximum atomic E-state index is 12.7. The number of ether oxygens (including phenoxy) is 2. The molecule has 122 valence electrons. The summed E-state index contributed by atoms with van der Waals surface area (Å²) in [5.41, 5.74) is -0.129.